The number of amides is 1. The summed E-state index contributed by atoms with van der Waals surface area (Å²) in [7, 11) is 0. The minimum Gasteiger partial charge on any atom is -0.386 e. The summed E-state index contributed by atoms with van der Waals surface area (Å²) in [6, 6.07) is 9.21. The highest BCUT2D eigenvalue weighted by Crippen LogP contribution is 2.27. The zero-order valence-electron chi connectivity index (χ0n) is 12.8. The lowest BCUT2D eigenvalue weighted by Crippen LogP contribution is -2.16. The number of hydrogen-bond donors (Lipinski definition) is 2. The lowest BCUT2D eigenvalue weighted by Gasteiger charge is -2.06. The van der Waals surface area contributed by atoms with E-state index in [0.29, 0.717) is 6.54 Å². The van der Waals surface area contributed by atoms with Crippen LogP contribution >= 0.6 is 11.6 Å². The number of rotatable bonds is 6. The van der Waals surface area contributed by atoms with Crippen LogP contribution in [-0.4, -0.2) is 15.8 Å². The first-order valence-electron chi connectivity index (χ1n) is 6.99. The number of nitrogens with zero attached hydrogens (tertiary/aromatic N) is 3. The molecule has 0 radical (unpaired) electrons. The van der Waals surface area contributed by atoms with Gasteiger partial charge in [-0.05, 0) is 23.8 Å². The van der Waals surface area contributed by atoms with Crippen molar-refractivity contribution in [2.75, 3.05) is 5.32 Å². The topological polar surface area (TPSA) is 121 Å². The average Bonchev–Trinajstić information content (AvgIpc) is 2.61. The molecule has 9 heteroatoms. The van der Waals surface area contributed by atoms with Gasteiger partial charge in [-0.2, -0.15) is 5.26 Å². The zero-order valence-corrected chi connectivity index (χ0v) is 13.5. The van der Waals surface area contributed by atoms with Crippen molar-refractivity contribution >= 4 is 28.9 Å². The molecule has 0 fully saturated rings. The minimum atomic E-state index is -0.696. The van der Waals surface area contributed by atoms with E-state index in [-0.39, 0.29) is 22.0 Å². The molecule has 0 saturated heterocycles. The fourth-order valence-electron chi connectivity index (χ4n) is 1.85. The predicted molar refractivity (Wildman–Crippen MR) is 91.5 cm³/mol. The molecular weight excluding hydrogens is 346 g/mol. The van der Waals surface area contributed by atoms with Gasteiger partial charge >= 0.3 is 0 Å². The van der Waals surface area contributed by atoms with Gasteiger partial charge in [-0.25, -0.2) is 0 Å². The molecule has 0 aliphatic heterocycles. The number of carbonyl (C=O) groups excluding carboxylic acids is 1. The summed E-state index contributed by atoms with van der Waals surface area (Å²) in [5.41, 5.74) is 0.525. The number of nitro groups is 1. The SMILES string of the molecule is N#C/C(=C/NCc1cccnc1)C(=O)Nc1ccc(Cl)c([N+](=O)[O-])c1. The summed E-state index contributed by atoms with van der Waals surface area (Å²) in [6.45, 7) is 0.388. The summed E-state index contributed by atoms with van der Waals surface area (Å²) >= 11 is 5.71. The van der Waals surface area contributed by atoms with Gasteiger partial charge < -0.3 is 10.6 Å². The Balaban J connectivity index is 2.05. The van der Waals surface area contributed by atoms with Crippen molar-refractivity contribution in [3.05, 3.63) is 75.2 Å². The molecule has 0 aliphatic rings. The van der Waals surface area contributed by atoms with Crippen LogP contribution in [0.25, 0.3) is 0 Å². The van der Waals surface area contributed by atoms with E-state index in [1.54, 1.807) is 24.5 Å². The van der Waals surface area contributed by atoms with Gasteiger partial charge in [-0.3, -0.25) is 19.9 Å². The predicted octanol–water partition coefficient (Wildman–Crippen LogP) is 2.78. The molecule has 0 atom stereocenters. The number of nitriles is 1. The standard InChI is InChI=1S/C16H12ClN5O3/c17-14-4-3-13(6-15(14)22(24)25)21-16(23)12(7-18)10-20-9-11-2-1-5-19-8-11/h1-6,8,10,20H,9H2,(H,21,23)/b12-10-. The Bertz CT molecular complexity index is 862. The van der Waals surface area contributed by atoms with Crippen molar-refractivity contribution in [1.82, 2.24) is 10.3 Å². The average molecular weight is 358 g/mol. The smallest absolute Gasteiger partial charge is 0.289 e. The number of pyridine rings is 1. The molecular formula is C16H12ClN5O3. The van der Waals surface area contributed by atoms with E-state index in [1.165, 1.54) is 18.3 Å². The number of nitrogens with one attached hydrogen (secondary N) is 2. The Hall–Kier alpha value is -3.44. The molecule has 1 aromatic carbocycles. The van der Waals surface area contributed by atoms with Crippen LogP contribution in [0.2, 0.25) is 5.02 Å². The van der Waals surface area contributed by atoms with Crippen LogP contribution < -0.4 is 10.6 Å². The number of benzene rings is 1. The van der Waals surface area contributed by atoms with Gasteiger partial charge in [0, 0.05) is 36.9 Å². The van der Waals surface area contributed by atoms with Crippen molar-refractivity contribution < 1.29 is 9.72 Å². The molecule has 0 spiro atoms. The quantitative estimate of drug-likeness (QED) is 0.355. The van der Waals surface area contributed by atoms with Gasteiger partial charge in [0.15, 0.2) is 0 Å². The Morgan fingerprint density at radius 2 is 2.24 bits per heavy atom. The van der Waals surface area contributed by atoms with Gasteiger partial charge in [0.1, 0.15) is 16.7 Å². The molecule has 0 aliphatic carbocycles. The highest BCUT2D eigenvalue weighted by Gasteiger charge is 2.15. The molecule has 0 unspecified atom stereocenters. The van der Waals surface area contributed by atoms with Crippen molar-refractivity contribution in [3.63, 3.8) is 0 Å². The number of halogens is 1. The third-order valence-electron chi connectivity index (χ3n) is 3.04. The second kappa shape index (κ2) is 8.42. The maximum Gasteiger partial charge on any atom is 0.289 e. The first-order valence-corrected chi connectivity index (χ1v) is 7.37. The van der Waals surface area contributed by atoms with Gasteiger partial charge in [-0.15, -0.1) is 0 Å². The maximum absolute atomic E-state index is 12.1. The summed E-state index contributed by atoms with van der Waals surface area (Å²) in [6.07, 6.45) is 4.56. The van der Waals surface area contributed by atoms with E-state index < -0.39 is 10.8 Å². The molecule has 2 N–H and O–H groups in total. The van der Waals surface area contributed by atoms with E-state index >= 15 is 0 Å². The Kier molecular flexibility index (Phi) is 6.03. The summed E-state index contributed by atoms with van der Waals surface area (Å²) in [5.74, 6) is -0.696. The molecule has 1 aromatic heterocycles. The highest BCUT2D eigenvalue weighted by atomic mass is 35.5. The van der Waals surface area contributed by atoms with E-state index in [4.69, 9.17) is 16.9 Å². The van der Waals surface area contributed by atoms with E-state index in [0.717, 1.165) is 11.6 Å². The number of hydrogen-bond acceptors (Lipinski definition) is 6. The molecule has 1 amide bonds. The van der Waals surface area contributed by atoms with E-state index in [1.807, 2.05) is 6.07 Å². The molecule has 2 aromatic rings. The lowest BCUT2D eigenvalue weighted by molar-refractivity contribution is -0.384. The molecule has 126 valence electrons. The van der Waals surface area contributed by atoms with Crippen LogP contribution in [-0.2, 0) is 11.3 Å². The van der Waals surface area contributed by atoms with Gasteiger partial charge in [0.2, 0.25) is 0 Å². The van der Waals surface area contributed by atoms with Crippen molar-refractivity contribution in [1.29, 1.82) is 5.26 Å². The first-order chi connectivity index (χ1) is 12.0. The van der Waals surface area contributed by atoms with Crippen molar-refractivity contribution in [2.24, 2.45) is 0 Å². The highest BCUT2D eigenvalue weighted by molar-refractivity contribution is 6.32. The summed E-state index contributed by atoms with van der Waals surface area (Å²) in [5, 5.41) is 25.2. The second-order valence-electron chi connectivity index (χ2n) is 4.79. The van der Waals surface area contributed by atoms with Crippen LogP contribution in [0.1, 0.15) is 5.56 Å². The second-order valence-corrected chi connectivity index (χ2v) is 5.20. The summed E-state index contributed by atoms with van der Waals surface area (Å²) in [4.78, 5) is 26.2. The molecule has 0 saturated carbocycles. The Labute approximate surface area is 147 Å². The van der Waals surface area contributed by atoms with Gasteiger partial charge in [0.25, 0.3) is 11.6 Å². The normalized spacial score (nSPS) is 10.6. The zero-order chi connectivity index (χ0) is 18.2. The van der Waals surface area contributed by atoms with Gasteiger partial charge in [-0.1, -0.05) is 17.7 Å². The monoisotopic (exact) mass is 357 g/mol. The minimum absolute atomic E-state index is 0.0443. The van der Waals surface area contributed by atoms with Crippen LogP contribution in [0.3, 0.4) is 0 Å². The van der Waals surface area contributed by atoms with Crippen LogP contribution in [0.15, 0.2) is 54.5 Å². The fraction of sp³-hybridized carbons (Fsp3) is 0.0625. The van der Waals surface area contributed by atoms with Crippen LogP contribution in [0.4, 0.5) is 11.4 Å². The Morgan fingerprint density at radius 1 is 1.44 bits per heavy atom. The molecule has 8 nitrogen and oxygen atoms in total. The van der Waals surface area contributed by atoms with Gasteiger partial charge in [0.05, 0.1) is 4.92 Å². The third kappa shape index (κ3) is 5.02. The van der Waals surface area contributed by atoms with Crippen molar-refractivity contribution in [3.8, 4) is 6.07 Å². The van der Waals surface area contributed by atoms with Crippen LogP contribution in [0.5, 0.6) is 0 Å². The van der Waals surface area contributed by atoms with E-state index in [2.05, 4.69) is 15.6 Å². The van der Waals surface area contributed by atoms with E-state index in [9.17, 15) is 14.9 Å². The number of carbonyl (C=O) groups is 1. The third-order valence-corrected chi connectivity index (χ3v) is 3.36. The number of aromatic nitrogens is 1. The molecule has 25 heavy (non-hydrogen) atoms. The van der Waals surface area contributed by atoms with Crippen molar-refractivity contribution in [2.45, 2.75) is 6.54 Å². The molecule has 1 heterocycles. The fourth-order valence-corrected chi connectivity index (χ4v) is 2.04. The van der Waals surface area contributed by atoms with Crippen LogP contribution in [0, 0.1) is 21.4 Å². The first kappa shape index (κ1) is 17.9. The largest absolute Gasteiger partial charge is 0.386 e. The maximum atomic E-state index is 12.1. The molecule has 2 rings (SSSR count). The number of anilines is 1. The molecule has 0 bridgehead atoms. The Morgan fingerprint density at radius 3 is 2.88 bits per heavy atom. The number of nitro benzene ring substituents is 1. The summed E-state index contributed by atoms with van der Waals surface area (Å²) < 4.78 is 0. The lowest BCUT2D eigenvalue weighted by atomic mass is 10.2.